The van der Waals surface area contributed by atoms with E-state index in [-0.39, 0.29) is 5.91 Å². The van der Waals surface area contributed by atoms with Crippen LogP contribution in [-0.2, 0) is 0 Å². The number of hydrogen-bond acceptors (Lipinski definition) is 4. The molecule has 1 saturated heterocycles. The van der Waals surface area contributed by atoms with E-state index in [9.17, 15) is 4.79 Å². The largest absolute Gasteiger partial charge is 0.398 e. The van der Waals surface area contributed by atoms with Gasteiger partial charge in [0.25, 0.3) is 5.91 Å². The fourth-order valence-electron chi connectivity index (χ4n) is 2.60. The van der Waals surface area contributed by atoms with Crippen LogP contribution in [0.5, 0.6) is 0 Å². The Morgan fingerprint density at radius 1 is 1.50 bits per heavy atom. The molecule has 3 N–H and O–H groups in total. The van der Waals surface area contributed by atoms with Gasteiger partial charge in [0.05, 0.1) is 5.56 Å². The molecule has 1 atom stereocenters. The molecule has 0 aromatic carbocycles. The SMILES string of the molecule is Cc1cc(N)c(C(=O)NCC(C)CN2CCCC2)cn1. The van der Waals surface area contributed by atoms with Gasteiger partial charge in [0.1, 0.15) is 0 Å². The topological polar surface area (TPSA) is 71.2 Å². The van der Waals surface area contributed by atoms with Crippen molar-refractivity contribution in [2.45, 2.75) is 26.7 Å². The summed E-state index contributed by atoms with van der Waals surface area (Å²) >= 11 is 0. The summed E-state index contributed by atoms with van der Waals surface area (Å²) in [6.07, 6.45) is 4.14. The highest BCUT2D eigenvalue weighted by Gasteiger charge is 2.16. The second-order valence-corrected chi connectivity index (χ2v) is 5.74. The van der Waals surface area contributed by atoms with Gasteiger partial charge < -0.3 is 16.0 Å². The molecule has 0 radical (unpaired) electrons. The van der Waals surface area contributed by atoms with Crippen molar-refractivity contribution in [1.29, 1.82) is 0 Å². The van der Waals surface area contributed by atoms with E-state index in [1.807, 2.05) is 6.92 Å². The van der Waals surface area contributed by atoms with E-state index in [2.05, 4.69) is 22.1 Å². The maximum Gasteiger partial charge on any atom is 0.254 e. The molecule has 1 fully saturated rings. The first-order valence-corrected chi connectivity index (χ1v) is 7.29. The monoisotopic (exact) mass is 276 g/mol. The average Bonchev–Trinajstić information content (AvgIpc) is 2.89. The van der Waals surface area contributed by atoms with Crippen molar-refractivity contribution < 1.29 is 4.79 Å². The number of hydrogen-bond donors (Lipinski definition) is 2. The Morgan fingerprint density at radius 2 is 2.20 bits per heavy atom. The second kappa shape index (κ2) is 6.70. The van der Waals surface area contributed by atoms with Crippen molar-refractivity contribution in [2.75, 3.05) is 31.9 Å². The van der Waals surface area contributed by atoms with Crippen LogP contribution in [0.15, 0.2) is 12.3 Å². The van der Waals surface area contributed by atoms with Gasteiger partial charge in [0.2, 0.25) is 0 Å². The Kier molecular flexibility index (Phi) is 4.95. The van der Waals surface area contributed by atoms with Crippen molar-refractivity contribution in [3.05, 3.63) is 23.5 Å². The smallest absolute Gasteiger partial charge is 0.254 e. The van der Waals surface area contributed by atoms with Crippen LogP contribution in [0.3, 0.4) is 0 Å². The van der Waals surface area contributed by atoms with Gasteiger partial charge in [0, 0.05) is 30.7 Å². The summed E-state index contributed by atoms with van der Waals surface area (Å²) in [5, 5.41) is 2.95. The summed E-state index contributed by atoms with van der Waals surface area (Å²) in [6.45, 7) is 8.11. The number of nitrogen functional groups attached to an aromatic ring is 1. The highest BCUT2D eigenvalue weighted by Crippen LogP contribution is 2.12. The van der Waals surface area contributed by atoms with Gasteiger partial charge in [-0.15, -0.1) is 0 Å². The van der Waals surface area contributed by atoms with Crippen LogP contribution in [-0.4, -0.2) is 42.0 Å². The lowest BCUT2D eigenvalue weighted by Crippen LogP contribution is -2.34. The molecule has 1 aliphatic rings. The van der Waals surface area contributed by atoms with Gasteiger partial charge in [-0.1, -0.05) is 6.92 Å². The van der Waals surface area contributed by atoms with Crippen LogP contribution < -0.4 is 11.1 Å². The number of nitrogens with zero attached hydrogens (tertiary/aromatic N) is 2. The van der Waals surface area contributed by atoms with Gasteiger partial charge in [-0.2, -0.15) is 0 Å². The quantitative estimate of drug-likeness (QED) is 0.853. The molecule has 1 aliphatic heterocycles. The third kappa shape index (κ3) is 3.93. The highest BCUT2D eigenvalue weighted by atomic mass is 16.1. The highest BCUT2D eigenvalue weighted by molar-refractivity contribution is 5.98. The summed E-state index contributed by atoms with van der Waals surface area (Å²) in [5.41, 5.74) is 7.62. The number of aromatic nitrogens is 1. The standard InChI is InChI=1S/C15H24N4O/c1-11(10-19-5-3-4-6-19)8-18-15(20)13-9-17-12(2)7-14(13)16/h7,9,11H,3-6,8,10H2,1-2H3,(H2,16,17)(H,18,20). The summed E-state index contributed by atoms with van der Waals surface area (Å²) in [6, 6.07) is 1.72. The summed E-state index contributed by atoms with van der Waals surface area (Å²) in [7, 11) is 0. The molecule has 1 aromatic heterocycles. The van der Waals surface area contributed by atoms with Crippen molar-refractivity contribution in [1.82, 2.24) is 15.2 Å². The van der Waals surface area contributed by atoms with Crippen LogP contribution in [0.1, 0.15) is 35.8 Å². The van der Waals surface area contributed by atoms with Crippen LogP contribution in [0.4, 0.5) is 5.69 Å². The molecule has 110 valence electrons. The van der Waals surface area contributed by atoms with Crippen molar-refractivity contribution in [2.24, 2.45) is 5.92 Å². The molecule has 5 heteroatoms. The minimum absolute atomic E-state index is 0.136. The third-order valence-electron chi connectivity index (χ3n) is 3.70. The number of nitrogens with two attached hydrogens (primary N) is 1. The Labute approximate surface area is 120 Å². The predicted octanol–water partition coefficient (Wildman–Crippen LogP) is 1.43. The normalized spacial score (nSPS) is 17.1. The number of carbonyl (C=O) groups is 1. The molecule has 2 heterocycles. The molecule has 0 saturated carbocycles. The van der Waals surface area contributed by atoms with Gasteiger partial charge in [-0.05, 0) is 44.8 Å². The molecule has 1 amide bonds. The number of rotatable bonds is 5. The van der Waals surface area contributed by atoms with Gasteiger partial charge in [-0.3, -0.25) is 9.78 Å². The fraction of sp³-hybridized carbons (Fsp3) is 0.600. The van der Waals surface area contributed by atoms with Gasteiger partial charge in [-0.25, -0.2) is 0 Å². The van der Waals surface area contributed by atoms with E-state index in [0.717, 1.165) is 12.2 Å². The van der Waals surface area contributed by atoms with Crippen molar-refractivity contribution >= 4 is 11.6 Å². The van der Waals surface area contributed by atoms with E-state index >= 15 is 0 Å². The molecule has 0 spiro atoms. The van der Waals surface area contributed by atoms with E-state index < -0.39 is 0 Å². The van der Waals surface area contributed by atoms with Crippen molar-refractivity contribution in [3.63, 3.8) is 0 Å². The lowest BCUT2D eigenvalue weighted by Gasteiger charge is -2.20. The summed E-state index contributed by atoms with van der Waals surface area (Å²) in [4.78, 5) is 18.7. The molecule has 2 rings (SSSR count). The van der Waals surface area contributed by atoms with E-state index in [1.54, 1.807) is 12.3 Å². The lowest BCUT2D eigenvalue weighted by molar-refractivity contribution is 0.0945. The first-order chi connectivity index (χ1) is 9.56. The van der Waals surface area contributed by atoms with Crippen LogP contribution in [0.25, 0.3) is 0 Å². The minimum Gasteiger partial charge on any atom is -0.398 e. The minimum atomic E-state index is -0.136. The van der Waals surface area contributed by atoms with Crippen LogP contribution in [0.2, 0.25) is 0 Å². The predicted molar refractivity (Wildman–Crippen MR) is 80.6 cm³/mol. The zero-order valence-electron chi connectivity index (χ0n) is 12.4. The first-order valence-electron chi connectivity index (χ1n) is 7.29. The number of nitrogens with one attached hydrogen (secondary N) is 1. The molecular formula is C15H24N4O. The first kappa shape index (κ1) is 14.8. The molecule has 5 nitrogen and oxygen atoms in total. The maximum atomic E-state index is 12.1. The second-order valence-electron chi connectivity index (χ2n) is 5.74. The van der Waals surface area contributed by atoms with Crippen LogP contribution >= 0.6 is 0 Å². The number of likely N-dealkylation sites (tertiary alicyclic amines) is 1. The summed E-state index contributed by atoms with van der Waals surface area (Å²) < 4.78 is 0. The number of pyridine rings is 1. The molecule has 1 unspecified atom stereocenters. The molecule has 1 aromatic rings. The fourth-order valence-corrected chi connectivity index (χ4v) is 2.60. The van der Waals surface area contributed by atoms with E-state index in [0.29, 0.717) is 23.7 Å². The van der Waals surface area contributed by atoms with E-state index in [4.69, 9.17) is 5.73 Å². The molecule has 0 bridgehead atoms. The van der Waals surface area contributed by atoms with Gasteiger partial charge in [0.15, 0.2) is 0 Å². The van der Waals surface area contributed by atoms with E-state index in [1.165, 1.54) is 25.9 Å². The molecule has 0 aliphatic carbocycles. The Morgan fingerprint density at radius 3 is 2.85 bits per heavy atom. The summed E-state index contributed by atoms with van der Waals surface area (Å²) in [5.74, 6) is 0.306. The zero-order chi connectivity index (χ0) is 14.5. The third-order valence-corrected chi connectivity index (χ3v) is 3.70. The Hall–Kier alpha value is -1.62. The number of aryl methyl sites for hydroxylation is 1. The molecule has 20 heavy (non-hydrogen) atoms. The number of amides is 1. The molecular weight excluding hydrogens is 252 g/mol. The van der Waals surface area contributed by atoms with Crippen LogP contribution in [0, 0.1) is 12.8 Å². The Balaban J connectivity index is 1.81. The Bertz CT molecular complexity index is 469. The zero-order valence-corrected chi connectivity index (χ0v) is 12.4. The lowest BCUT2D eigenvalue weighted by atomic mass is 10.1. The number of carbonyl (C=O) groups excluding carboxylic acids is 1. The van der Waals surface area contributed by atoms with Gasteiger partial charge >= 0.3 is 0 Å². The number of anilines is 1. The average molecular weight is 276 g/mol. The van der Waals surface area contributed by atoms with Crippen molar-refractivity contribution in [3.8, 4) is 0 Å². The maximum absolute atomic E-state index is 12.1.